The number of hydrogen-bond donors (Lipinski definition) is 0. The highest BCUT2D eigenvalue weighted by atomic mass is 16.6. The summed E-state index contributed by atoms with van der Waals surface area (Å²) in [5.74, 6) is 0.315. The summed E-state index contributed by atoms with van der Waals surface area (Å²) in [6, 6.07) is 13.6. The number of carbonyl (C=O) groups excluding carboxylic acids is 2. The van der Waals surface area contributed by atoms with Crippen LogP contribution in [0.15, 0.2) is 46.9 Å². The first-order valence-electron chi connectivity index (χ1n) is 10.2. The molecule has 5 nitrogen and oxygen atoms in total. The third kappa shape index (κ3) is 3.01. The second-order valence-corrected chi connectivity index (χ2v) is 7.89. The molecule has 1 amide bonds. The van der Waals surface area contributed by atoms with Gasteiger partial charge in [0.1, 0.15) is 0 Å². The smallest absolute Gasteiger partial charge is 0.289 e. The molecule has 1 atom stereocenters. The summed E-state index contributed by atoms with van der Waals surface area (Å²) in [5, 5.41) is 2.31. The summed E-state index contributed by atoms with van der Waals surface area (Å²) in [5.41, 5.74) is 3.45. The van der Waals surface area contributed by atoms with E-state index in [1.54, 1.807) is 17.0 Å². The summed E-state index contributed by atoms with van der Waals surface area (Å²) >= 11 is 0. The summed E-state index contributed by atoms with van der Waals surface area (Å²) in [7, 11) is 1.50. The zero-order valence-corrected chi connectivity index (χ0v) is 16.4. The lowest BCUT2D eigenvalue weighted by Crippen LogP contribution is -2.42. The lowest BCUT2D eigenvalue weighted by Gasteiger charge is -2.31. The van der Waals surface area contributed by atoms with Crippen LogP contribution in [0.4, 0.5) is 0 Å². The predicted molar refractivity (Wildman–Crippen MR) is 110 cm³/mol. The molecule has 0 radical (unpaired) electrons. The maximum Gasteiger partial charge on any atom is 0.289 e. The first-order valence-corrected chi connectivity index (χ1v) is 10.2. The first-order chi connectivity index (χ1) is 14.2. The number of piperidine rings is 1. The van der Waals surface area contributed by atoms with Crippen molar-refractivity contribution in [2.75, 3.05) is 20.2 Å². The molecule has 0 N–H and O–H groups in total. The van der Waals surface area contributed by atoms with Gasteiger partial charge in [0.15, 0.2) is 11.5 Å². The summed E-state index contributed by atoms with van der Waals surface area (Å²) in [6.07, 6.45) is 3.69. The van der Waals surface area contributed by atoms with E-state index in [1.165, 1.54) is 23.6 Å². The molecule has 0 spiro atoms. The Labute approximate surface area is 169 Å². The molecule has 1 aliphatic carbocycles. The first kappa shape index (κ1) is 18.0. The number of aryl methyl sites for hydroxylation is 2. The Morgan fingerprint density at radius 1 is 1.07 bits per heavy atom. The monoisotopic (exact) mass is 389 g/mol. The number of benzene rings is 2. The van der Waals surface area contributed by atoms with E-state index < -0.39 is 0 Å². The molecule has 0 bridgehead atoms. The van der Waals surface area contributed by atoms with Crippen molar-refractivity contribution in [1.29, 1.82) is 0 Å². The number of nitrogens with zero attached hydrogens (tertiary/aromatic N) is 1. The fourth-order valence-corrected chi connectivity index (χ4v) is 4.76. The second-order valence-electron chi connectivity index (χ2n) is 7.89. The number of ether oxygens (including phenoxy) is 1. The highest BCUT2D eigenvalue weighted by Crippen LogP contribution is 2.34. The van der Waals surface area contributed by atoms with Gasteiger partial charge >= 0.3 is 0 Å². The van der Waals surface area contributed by atoms with Crippen LogP contribution in [0.3, 0.4) is 0 Å². The van der Waals surface area contributed by atoms with E-state index in [9.17, 15) is 9.59 Å². The van der Waals surface area contributed by atoms with Crippen molar-refractivity contribution in [2.45, 2.75) is 25.7 Å². The Kier molecular flexibility index (Phi) is 4.38. The van der Waals surface area contributed by atoms with Crippen LogP contribution in [0.5, 0.6) is 5.95 Å². The number of ketones is 1. The van der Waals surface area contributed by atoms with Crippen LogP contribution in [0.25, 0.3) is 10.8 Å². The highest BCUT2D eigenvalue weighted by molar-refractivity contribution is 6.11. The lowest BCUT2D eigenvalue weighted by molar-refractivity contribution is 0.0606. The summed E-state index contributed by atoms with van der Waals surface area (Å²) in [4.78, 5) is 28.0. The van der Waals surface area contributed by atoms with Crippen LogP contribution in [0.2, 0.25) is 0 Å². The fourth-order valence-electron chi connectivity index (χ4n) is 4.76. The number of methoxy groups -OCH3 is 1. The molecule has 1 aliphatic heterocycles. The zero-order valence-electron chi connectivity index (χ0n) is 16.4. The summed E-state index contributed by atoms with van der Waals surface area (Å²) < 4.78 is 10.4. The number of furan rings is 1. The van der Waals surface area contributed by atoms with Crippen LogP contribution in [0.1, 0.15) is 44.9 Å². The van der Waals surface area contributed by atoms with Gasteiger partial charge < -0.3 is 14.1 Å². The van der Waals surface area contributed by atoms with Crippen molar-refractivity contribution >= 4 is 22.5 Å². The van der Waals surface area contributed by atoms with E-state index >= 15 is 0 Å². The van der Waals surface area contributed by atoms with Crippen molar-refractivity contribution in [3.05, 3.63) is 64.9 Å². The minimum atomic E-state index is -0.192. The van der Waals surface area contributed by atoms with Gasteiger partial charge in [0.05, 0.1) is 7.11 Å². The molecule has 3 aromatic rings. The average Bonchev–Trinajstić information content (AvgIpc) is 3.42. The molecule has 1 saturated heterocycles. The minimum Gasteiger partial charge on any atom is -0.468 e. The van der Waals surface area contributed by atoms with Gasteiger partial charge in [0, 0.05) is 30.6 Å². The lowest BCUT2D eigenvalue weighted by atomic mass is 9.87. The van der Waals surface area contributed by atoms with Gasteiger partial charge in [-0.3, -0.25) is 9.59 Å². The van der Waals surface area contributed by atoms with E-state index in [0.717, 1.165) is 36.6 Å². The fraction of sp³-hybridized carbons (Fsp3) is 0.333. The molecular formula is C24H23NO4. The van der Waals surface area contributed by atoms with Gasteiger partial charge in [0.25, 0.3) is 11.9 Å². The normalized spacial score (nSPS) is 18.2. The number of rotatable bonds is 4. The topological polar surface area (TPSA) is 59.8 Å². The zero-order chi connectivity index (χ0) is 20.0. The molecule has 29 heavy (non-hydrogen) atoms. The van der Waals surface area contributed by atoms with Gasteiger partial charge in [-0.05, 0) is 53.6 Å². The molecule has 1 unspecified atom stereocenters. The molecule has 1 fully saturated rings. The Bertz CT molecular complexity index is 1100. The maximum absolute atomic E-state index is 13.4. The molecular weight excluding hydrogens is 366 g/mol. The van der Waals surface area contributed by atoms with Gasteiger partial charge in [-0.25, -0.2) is 0 Å². The van der Waals surface area contributed by atoms with Crippen LogP contribution in [-0.4, -0.2) is 36.8 Å². The molecule has 2 aliphatic rings. The van der Waals surface area contributed by atoms with Crippen molar-refractivity contribution in [3.8, 4) is 5.95 Å². The number of amides is 1. The Hall–Kier alpha value is -3.08. The largest absolute Gasteiger partial charge is 0.468 e. The average molecular weight is 389 g/mol. The van der Waals surface area contributed by atoms with Crippen molar-refractivity contribution in [1.82, 2.24) is 4.90 Å². The molecule has 148 valence electrons. The SMILES string of the molecule is COc1ccc(C(=O)N2CCCC(C(=O)c3ccc4c5c(cccc35)CC4)C2)o1. The molecule has 2 heterocycles. The van der Waals surface area contributed by atoms with Crippen molar-refractivity contribution in [3.63, 3.8) is 0 Å². The highest BCUT2D eigenvalue weighted by Gasteiger charge is 2.32. The predicted octanol–water partition coefficient (Wildman–Crippen LogP) is 4.28. The second kappa shape index (κ2) is 7.07. The van der Waals surface area contributed by atoms with Gasteiger partial charge in [0.2, 0.25) is 0 Å². The van der Waals surface area contributed by atoms with Gasteiger partial charge in [-0.2, -0.15) is 0 Å². The third-order valence-corrected chi connectivity index (χ3v) is 6.22. The number of likely N-dealkylation sites (tertiary alicyclic amines) is 1. The van der Waals surface area contributed by atoms with E-state index in [4.69, 9.17) is 9.15 Å². The standard InChI is InChI=1S/C24H23NO4/c1-28-21-12-11-20(29-21)24(27)25-13-3-5-17(14-25)23(26)19-10-9-16-8-7-15-4-2-6-18(19)22(15)16/h2,4,6,9-12,17H,3,5,7-8,13-14H2,1H3. The van der Waals surface area contributed by atoms with Crippen LogP contribution in [0, 0.1) is 5.92 Å². The van der Waals surface area contributed by atoms with E-state index in [2.05, 4.69) is 18.2 Å². The van der Waals surface area contributed by atoms with Crippen molar-refractivity contribution < 1.29 is 18.7 Å². The van der Waals surface area contributed by atoms with Crippen LogP contribution >= 0.6 is 0 Å². The van der Waals surface area contributed by atoms with E-state index in [0.29, 0.717) is 19.0 Å². The number of carbonyl (C=O) groups is 2. The van der Waals surface area contributed by atoms with Crippen LogP contribution in [-0.2, 0) is 12.8 Å². The molecule has 2 aromatic carbocycles. The number of hydrogen-bond acceptors (Lipinski definition) is 4. The summed E-state index contributed by atoms with van der Waals surface area (Å²) in [6.45, 7) is 1.05. The maximum atomic E-state index is 13.4. The third-order valence-electron chi connectivity index (χ3n) is 6.22. The van der Waals surface area contributed by atoms with E-state index in [-0.39, 0.29) is 23.4 Å². The van der Waals surface area contributed by atoms with E-state index in [1.807, 2.05) is 12.1 Å². The van der Waals surface area contributed by atoms with Crippen molar-refractivity contribution in [2.24, 2.45) is 5.92 Å². The van der Waals surface area contributed by atoms with Gasteiger partial charge in [-0.1, -0.05) is 30.3 Å². The minimum absolute atomic E-state index is 0.134. The Morgan fingerprint density at radius 3 is 2.69 bits per heavy atom. The quantitative estimate of drug-likeness (QED) is 0.625. The Morgan fingerprint density at radius 2 is 1.90 bits per heavy atom. The Balaban J connectivity index is 1.41. The molecule has 5 rings (SSSR count). The molecule has 5 heteroatoms. The van der Waals surface area contributed by atoms with Gasteiger partial charge in [-0.15, -0.1) is 0 Å². The molecule has 0 saturated carbocycles. The molecule has 1 aromatic heterocycles. The van der Waals surface area contributed by atoms with Crippen LogP contribution < -0.4 is 4.74 Å². The number of Topliss-reactive ketones (excluding diaryl/α,β-unsaturated/α-hetero) is 1.